The first-order valence-corrected chi connectivity index (χ1v) is 8.19. The highest BCUT2D eigenvalue weighted by molar-refractivity contribution is 7.92. The van der Waals surface area contributed by atoms with Crippen molar-refractivity contribution < 1.29 is 8.42 Å². The average Bonchev–Trinajstić information content (AvgIpc) is 2.72. The van der Waals surface area contributed by atoms with E-state index in [1.54, 1.807) is 0 Å². The van der Waals surface area contributed by atoms with Gasteiger partial charge >= 0.3 is 0 Å². The third kappa shape index (κ3) is 3.03. The second-order valence-electron chi connectivity index (χ2n) is 6.29. The van der Waals surface area contributed by atoms with Crippen LogP contribution in [-0.2, 0) is 16.4 Å². The molecule has 0 spiro atoms. The largest absolute Gasteiger partial charge is 0.398 e. The number of benzene rings is 1. The highest BCUT2D eigenvalue weighted by Crippen LogP contribution is 2.34. The van der Waals surface area contributed by atoms with Gasteiger partial charge in [0.1, 0.15) is 0 Å². The first-order chi connectivity index (χ1) is 8.71. The van der Waals surface area contributed by atoms with Crippen molar-refractivity contribution in [3.8, 4) is 0 Å². The van der Waals surface area contributed by atoms with Crippen LogP contribution in [-0.4, -0.2) is 20.7 Å². The fourth-order valence-electron chi connectivity index (χ4n) is 2.27. The van der Waals surface area contributed by atoms with Gasteiger partial charge in [-0.3, -0.25) is 4.31 Å². The number of hydrogen-bond donors (Lipinski definition) is 1. The van der Waals surface area contributed by atoms with E-state index in [1.807, 2.05) is 18.2 Å². The Labute approximate surface area is 115 Å². The minimum atomic E-state index is -3.25. The molecule has 0 aromatic heterocycles. The van der Waals surface area contributed by atoms with Gasteiger partial charge in [0.15, 0.2) is 0 Å². The summed E-state index contributed by atoms with van der Waals surface area (Å²) in [5.41, 5.74) is 8.32. The summed E-state index contributed by atoms with van der Waals surface area (Å²) in [6.45, 7) is 6.67. The molecule has 1 aromatic rings. The van der Waals surface area contributed by atoms with E-state index >= 15 is 0 Å². The van der Waals surface area contributed by atoms with Gasteiger partial charge in [0.25, 0.3) is 0 Å². The van der Waals surface area contributed by atoms with Gasteiger partial charge in [-0.05, 0) is 30.4 Å². The molecule has 1 aliphatic rings. The van der Waals surface area contributed by atoms with Crippen LogP contribution < -0.4 is 10.0 Å². The molecule has 0 amide bonds. The molecule has 2 rings (SSSR count). The van der Waals surface area contributed by atoms with Crippen LogP contribution >= 0.6 is 0 Å². The van der Waals surface area contributed by atoms with E-state index in [4.69, 9.17) is 5.73 Å². The van der Waals surface area contributed by atoms with Crippen molar-refractivity contribution >= 4 is 21.4 Å². The van der Waals surface area contributed by atoms with Crippen molar-refractivity contribution in [2.75, 3.05) is 22.3 Å². The molecule has 0 unspecified atom stereocenters. The molecule has 0 bridgehead atoms. The second-order valence-corrected chi connectivity index (χ2v) is 8.31. The number of hydrogen-bond acceptors (Lipinski definition) is 3. The molecule has 1 aromatic carbocycles. The third-order valence-corrected chi connectivity index (χ3v) is 5.24. The molecule has 2 N–H and O–H groups in total. The molecule has 0 atom stereocenters. The molecule has 0 radical (unpaired) electrons. The number of nitrogens with two attached hydrogens (primary N) is 1. The van der Waals surface area contributed by atoms with Crippen molar-refractivity contribution in [3.05, 3.63) is 23.8 Å². The number of rotatable bonds is 3. The van der Waals surface area contributed by atoms with Crippen LogP contribution in [0.1, 0.15) is 32.8 Å². The fraction of sp³-hybridized carbons (Fsp3) is 0.571. The van der Waals surface area contributed by atoms with Gasteiger partial charge in [0, 0.05) is 17.8 Å². The van der Waals surface area contributed by atoms with Crippen LogP contribution in [0.25, 0.3) is 0 Å². The van der Waals surface area contributed by atoms with E-state index in [2.05, 4.69) is 20.8 Å². The third-order valence-electron chi connectivity index (χ3n) is 3.47. The Hall–Kier alpha value is -1.23. The van der Waals surface area contributed by atoms with E-state index in [9.17, 15) is 8.42 Å². The Bertz CT molecular complexity index is 574. The number of anilines is 2. The smallest absolute Gasteiger partial charge is 0.235 e. The normalized spacial score (nSPS) is 15.6. The van der Waals surface area contributed by atoms with E-state index in [0.29, 0.717) is 25.1 Å². The maximum atomic E-state index is 12.4. The Kier molecular flexibility index (Phi) is 3.51. The van der Waals surface area contributed by atoms with Gasteiger partial charge in [0.05, 0.1) is 11.4 Å². The molecule has 0 saturated heterocycles. The van der Waals surface area contributed by atoms with Gasteiger partial charge < -0.3 is 5.73 Å². The molecular formula is C14H22N2O2S. The first kappa shape index (κ1) is 14.2. The average molecular weight is 282 g/mol. The van der Waals surface area contributed by atoms with Crippen LogP contribution in [0.3, 0.4) is 0 Å². The van der Waals surface area contributed by atoms with Gasteiger partial charge in [-0.15, -0.1) is 0 Å². The van der Waals surface area contributed by atoms with E-state index in [-0.39, 0.29) is 11.2 Å². The van der Waals surface area contributed by atoms with Crippen molar-refractivity contribution in [3.63, 3.8) is 0 Å². The fourth-order valence-corrected chi connectivity index (χ4v) is 4.20. The molecular weight excluding hydrogens is 260 g/mol. The Morgan fingerprint density at radius 1 is 1.32 bits per heavy atom. The lowest BCUT2D eigenvalue weighted by molar-refractivity contribution is 0.397. The predicted octanol–water partition coefficient (Wildman–Crippen LogP) is 2.40. The summed E-state index contributed by atoms with van der Waals surface area (Å²) in [4.78, 5) is 0. The highest BCUT2D eigenvalue weighted by atomic mass is 32.2. The Morgan fingerprint density at radius 3 is 2.63 bits per heavy atom. The van der Waals surface area contributed by atoms with E-state index in [1.165, 1.54) is 4.31 Å². The maximum Gasteiger partial charge on any atom is 0.235 e. The Morgan fingerprint density at radius 2 is 2.00 bits per heavy atom. The summed E-state index contributed by atoms with van der Waals surface area (Å²) >= 11 is 0. The number of nitrogen functional groups attached to an aromatic ring is 1. The van der Waals surface area contributed by atoms with Crippen LogP contribution in [0.15, 0.2) is 18.2 Å². The highest BCUT2D eigenvalue weighted by Gasteiger charge is 2.31. The van der Waals surface area contributed by atoms with Crippen LogP contribution in [0.2, 0.25) is 0 Å². The van der Waals surface area contributed by atoms with Crippen molar-refractivity contribution in [2.45, 2.75) is 33.6 Å². The molecule has 1 heterocycles. The van der Waals surface area contributed by atoms with Crippen molar-refractivity contribution in [1.29, 1.82) is 0 Å². The monoisotopic (exact) mass is 282 g/mol. The van der Waals surface area contributed by atoms with Crippen LogP contribution in [0, 0.1) is 5.41 Å². The molecule has 5 heteroatoms. The molecule has 0 fully saturated rings. The SMILES string of the molecule is CC(C)(C)CCS(=O)(=O)N1CCc2c(N)cccc21. The molecule has 19 heavy (non-hydrogen) atoms. The van der Waals surface area contributed by atoms with Gasteiger partial charge in [-0.25, -0.2) is 8.42 Å². The summed E-state index contributed by atoms with van der Waals surface area (Å²) in [6, 6.07) is 5.48. The second kappa shape index (κ2) is 4.71. The minimum Gasteiger partial charge on any atom is -0.398 e. The van der Waals surface area contributed by atoms with E-state index in [0.717, 1.165) is 11.3 Å². The zero-order valence-electron chi connectivity index (χ0n) is 11.8. The number of fused-ring (bicyclic) bond motifs is 1. The Balaban J connectivity index is 2.24. The topological polar surface area (TPSA) is 63.4 Å². The molecule has 4 nitrogen and oxygen atoms in total. The lowest BCUT2D eigenvalue weighted by Crippen LogP contribution is -2.32. The first-order valence-electron chi connectivity index (χ1n) is 6.58. The quantitative estimate of drug-likeness (QED) is 0.866. The number of nitrogens with zero attached hydrogens (tertiary/aromatic N) is 1. The summed E-state index contributed by atoms with van der Waals surface area (Å²) < 4.78 is 26.4. The lowest BCUT2D eigenvalue weighted by Gasteiger charge is -2.23. The predicted molar refractivity (Wildman–Crippen MR) is 79.8 cm³/mol. The number of sulfonamides is 1. The summed E-state index contributed by atoms with van der Waals surface area (Å²) in [5.74, 6) is 0.185. The van der Waals surface area contributed by atoms with E-state index < -0.39 is 10.0 Å². The van der Waals surface area contributed by atoms with Crippen LogP contribution in [0.4, 0.5) is 11.4 Å². The minimum absolute atomic E-state index is 0.0192. The standard InChI is InChI=1S/C14H22N2O2S/c1-14(2,3)8-10-19(17,18)16-9-7-11-12(15)5-4-6-13(11)16/h4-6H,7-10,15H2,1-3H3. The zero-order chi connectivity index (χ0) is 14.3. The van der Waals surface area contributed by atoms with Crippen molar-refractivity contribution in [1.82, 2.24) is 0 Å². The molecule has 106 valence electrons. The van der Waals surface area contributed by atoms with Crippen molar-refractivity contribution in [2.24, 2.45) is 5.41 Å². The van der Waals surface area contributed by atoms with Gasteiger partial charge in [-0.1, -0.05) is 26.8 Å². The maximum absolute atomic E-state index is 12.4. The molecule has 1 aliphatic heterocycles. The van der Waals surface area contributed by atoms with Gasteiger partial charge in [-0.2, -0.15) is 0 Å². The summed E-state index contributed by atoms with van der Waals surface area (Å²) in [6.07, 6.45) is 1.36. The lowest BCUT2D eigenvalue weighted by atomic mass is 9.94. The molecule has 0 saturated carbocycles. The molecule has 0 aliphatic carbocycles. The van der Waals surface area contributed by atoms with Crippen LogP contribution in [0.5, 0.6) is 0 Å². The summed E-state index contributed by atoms with van der Waals surface area (Å²) in [5, 5.41) is 0. The van der Waals surface area contributed by atoms with Gasteiger partial charge in [0.2, 0.25) is 10.0 Å². The summed E-state index contributed by atoms with van der Waals surface area (Å²) in [7, 11) is -3.25. The zero-order valence-corrected chi connectivity index (χ0v) is 12.6.